The molecule has 32 heavy (non-hydrogen) atoms. The highest BCUT2D eigenvalue weighted by atomic mass is 35.5. The summed E-state index contributed by atoms with van der Waals surface area (Å²) in [6.07, 6.45) is -0.521. The molecule has 168 valence electrons. The third-order valence-electron chi connectivity index (χ3n) is 3.83. The number of hydrogen-bond acceptors (Lipinski definition) is 6. The van der Waals surface area contributed by atoms with Crippen LogP contribution in [0.2, 0.25) is 5.02 Å². The van der Waals surface area contributed by atoms with E-state index in [4.69, 9.17) is 16.3 Å². The number of rotatable bonds is 8. The third kappa shape index (κ3) is 8.84. The number of nitrogens with one attached hydrogen (secondary N) is 4. The zero-order chi connectivity index (χ0) is 23.5. The second-order valence-corrected chi connectivity index (χ2v) is 6.91. The van der Waals surface area contributed by atoms with Gasteiger partial charge in [0.25, 0.3) is 11.8 Å². The van der Waals surface area contributed by atoms with Crippen molar-refractivity contribution in [3.05, 3.63) is 59.1 Å². The van der Waals surface area contributed by atoms with E-state index >= 15 is 0 Å². The second kappa shape index (κ2) is 12.1. The lowest BCUT2D eigenvalue weighted by molar-refractivity contribution is -0.148. The Balaban J connectivity index is 1.64. The predicted molar refractivity (Wildman–Crippen MR) is 117 cm³/mol. The Labute approximate surface area is 188 Å². The molecule has 2 aromatic carbocycles. The van der Waals surface area contributed by atoms with Crippen LogP contribution in [0.4, 0.5) is 11.4 Å². The van der Waals surface area contributed by atoms with E-state index in [1.54, 1.807) is 24.3 Å². The van der Waals surface area contributed by atoms with Gasteiger partial charge in [-0.1, -0.05) is 11.6 Å². The normalized spacial score (nSPS) is 9.94. The Morgan fingerprint density at radius 3 is 1.97 bits per heavy atom. The van der Waals surface area contributed by atoms with E-state index in [9.17, 15) is 24.0 Å². The molecule has 0 atom stereocenters. The molecule has 0 bridgehead atoms. The number of anilines is 2. The summed E-state index contributed by atoms with van der Waals surface area (Å²) in [5.41, 5.74) is 5.72. The Morgan fingerprint density at radius 1 is 0.781 bits per heavy atom. The molecule has 0 saturated heterocycles. The number of amides is 4. The van der Waals surface area contributed by atoms with Gasteiger partial charge in [0.1, 0.15) is 0 Å². The molecule has 4 amide bonds. The Morgan fingerprint density at radius 2 is 1.38 bits per heavy atom. The summed E-state index contributed by atoms with van der Waals surface area (Å²) in [4.78, 5) is 58.2. The van der Waals surface area contributed by atoms with Gasteiger partial charge >= 0.3 is 5.97 Å². The van der Waals surface area contributed by atoms with Crippen molar-refractivity contribution in [1.82, 2.24) is 10.9 Å². The summed E-state index contributed by atoms with van der Waals surface area (Å²) in [6, 6.07) is 12.4. The second-order valence-electron chi connectivity index (χ2n) is 6.48. The predicted octanol–water partition coefficient (Wildman–Crippen LogP) is 2.02. The van der Waals surface area contributed by atoms with Gasteiger partial charge in [-0.3, -0.25) is 34.8 Å². The molecular weight excluding hydrogens is 440 g/mol. The van der Waals surface area contributed by atoms with E-state index in [1.165, 1.54) is 31.2 Å². The van der Waals surface area contributed by atoms with Gasteiger partial charge in [0.2, 0.25) is 11.8 Å². The minimum absolute atomic E-state index is 0.216. The van der Waals surface area contributed by atoms with Crippen LogP contribution in [0, 0.1) is 0 Å². The maximum Gasteiger partial charge on any atom is 0.306 e. The van der Waals surface area contributed by atoms with Crippen LogP contribution in [0.1, 0.15) is 30.1 Å². The standard InChI is InChI=1S/C21H21ClN4O6/c1-13(27)23-16-6-8-17(9-7-16)24-19(29)12-32-20(30)11-10-18(28)25-26-21(31)14-2-4-15(22)5-3-14/h2-9H,10-12H2,1H3,(H,23,27)(H,24,29)(H,25,28)(H,26,31). The lowest BCUT2D eigenvalue weighted by Crippen LogP contribution is -2.41. The molecule has 4 N–H and O–H groups in total. The van der Waals surface area contributed by atoms with Crippen LogP contribution in [0.5, 0.6) is 0 Å². The molecule has 0 radical (unpaired) electrons. The SMILES string of the molecule is CC(=O)Nc1ccc(NC(=O)COC(=O)CCC(=O)NNC(=O)c2ccc(Cl)cc2)cc1. The molecule has 0 aliphatic heterocycles. The zero-order valence-electron chi connectivity index (χ0n) is 17.1. The molecule has 11 heteroatoms. The van der Waals surface area contributed by atoms with Gasteiger partial charge in [0, 0.05) is 35.3 Å². The van der Waals surface area contributed by atoms with Crippen molar-refractivity contribution in [2.24, 2.45) is 0 Å². The van der Waals surface area contributed by atoms with Gasteiger partial charge in [-0.15, -0.1) is 0 Å². The molecule has 0 aliphatic rings. The third-order valence-corrected chi connectivity index (χ3v) is 4.08. The maximum absolute atomic E-state index is 11.9. The number of carbonyl (C=O) groups excluding carboxylic acids is 5. The van der Waals surface area contributed by atoms with Crippen molar-refractivity contribution in [1.29, 1.82) is 0 Å². The van der Waals surface area contributed by atoms with E-state index in [2.05, 4.69) is 21.5 Å². The van der Waals surface area contributed by atoms with Crippen molar-refractivity contribution in [2.75, 3.05) is 17.2 Å². The summed E-state index contributed by atoms with van der Waals surface area (Å²) in [5, 5.41) is 5.59. The van der Waals surface area contributed by atoms with Crippen molar-refractivity contribution in [3.63, 3.8) is 0 Å². The molecule has 0 spiro atoms. The highest BCUT2D eigenvalue weighted by molar-refractivity contribution is 6.30. The average molecular weight is 461 g/mol. The molecule has 0 aromatic heterocycles. The maximum atomic E-state index is 11.9. The number of esters is 1. The van der Waals surface area contributed by atoms with Crippen LogP contribution in [-0.2, 0) is 23.9 Å². The first-order chi connectivity index (χ1) is 15.2. The summed E-state index contributed by atoms with van der Waals surface area (Å²) < 4.78 is 4.82. The van der Waals surface area contributed by atoms with Crippen LogP contribution < -0.4 is 21.5 Å². The van der Waals surface area contributed by atoms with Crippen LogP contribution in [0.25, 0.3) is 0 Å². The fourth-order valence-electron chi connectivity index (χ4n) is 2.33. The van der Waals surface area contributed by atoms with Gasteiger partial charge in [0.15, 0.2) is 6.61 Å². The number of carbonyl (C=O) groups is 5. The first-order valence-corrected chi connectivity index (χ1v) is 9.78. The van der Waals surface area contributed by atoms with Crippen molar-refractivity contribution in [2.45, 2.75) is 19.8 Å². The Hall–Kier alpha value is -3.92. The van der Waals surface area contributed by atoms with E-state index in [1.807, 2.05) is 0 Å². The van der Waals surface area contributed by atoms with Gasteiger partial charge in [-0.25, -0.2) is 0 Å². The van der Waals surface area contributed by atoms with Crippen LogP contribution in [0.3, 0.4) is 0 Å². The van der Waals surface area contributed by atoms with Crippen molar-refractivity contribution < 1.29 is 28.7 Å². The topological polar surface area (TPSA) is 143 Å². The van der Waals surface area contributed by atoms with Crippen LogP contribution in [-0.4, -0.2) is 36.2 Å². The molecule has 10 nitrogen and oxygen atoms in total. The van der Waals surface area contributed by atoms with Gasteiger partial charge in [-0.2, -0.15) is 0 Å². The molecule has 0 heterocycles. The van der Waals surface area contributed by atoms with Crippen molar-refractivity contribution >= 4 is 52.6 Å². The fourth-order valence-corrected chi connectivity index (χ4v) is 2.46. The first-order valence-electron chi connectivity index (χ1n) is 9.41. The smallest absolute Gasteiger partial charge is 0.306 e. The van der Waals surface area contributed by atoms with Gasteiger partial charge < -0.3 is 15.4 Å². The molecule has 0 fully saturated rings. The molecule has 0 aliphatic carbocycles. The van der Waals surface area contributed by atoms with E-state index in [-0.39, 0.29) is 18.7 Å². The summed E-state index contributed by atoms with van der Waals surface area (Å²) in [5.74, 6) is -2.68. The average Bonchev–Trinajstić information content (AvgIpc) is 2.76. The Bertz CT molecular complexity index is 992. The van der Waals surface area contributed by atoms with E-state index in [0.29, 0.717) is 22.0 Å². The number of halogens is 1. The van der Waals surface area contributed by atoms with Crippen LogP contribution in [0.15, 0.2) is 48.5 Å². The minimum Gasteiger partial charge on any atom is -0.456 e. The monoisotopic (exact) mass is 460 g/mol. The summed E-state index contributed by atoms with van der Waals surface area (Å²) in [6.45, 7) is 0.853. The lowest BCUT2D eigenvalue weighted by Gasteiger charge is -2.09. The van der Waals surface area contributed by atoms with Crippen molar-refractivity contribution in [3.8, 4) is 0 Å². The summed E-state index contributed by atoms with van der Waals surface area (Å²) >= 11 is 5.74. The van der Waals surface area contributed by atoms with Gasteiger partial charge in [-0.05, 0) is 48.5 Å². The van der Waals surface area contributed by atoms with E-state index < -0.39 is 30.3 Å². The minimum atomic E-state index is -0.750. The first kappa shape index (κ1) is 24.4. The molecule has 0 saturated carbocycles. The van der Waals surface area contributed by atoms with E-state index in [0.717, 1.165) is 0 Å². The molecule has 2 aromatic rings. The highest BCUT2D eigenvalue weighted by Crippen LogP contribution is 2.13. The largest absolute Gasteiger partial charge is 0.456 e. The highest BCUT2D eigenvalue weighted by Gasteiger charge is 2.12. The lowest BCUT2D eigenvalue weighted by atomic mass is 10.2. The number of ether oxygens (including phenoxy) is 1. The number of hydrazine groups is 1. The zero-order valence-corrected chi connectivity index (χ0v) is 17.8. The molecular formula is C21H21ClN4O6. The quantitative estimate of drug-likeness (QED) is 0.350. The Kier molecular flexibility index (Phi) is 9.18. The van der Waals surface area contributed by atoms with Gasteiger partial charge in [0.05, 0.1) is 6.42 Å². The van der Waals surface area contributed by atoms with Crippen LogP contribution >= 0.6 is 11.6 Å². The molecule has 2 rings (SSSR count). The summed E-state index contributed by atoms with van der Waals surface area (Å²) in [7, 11) is 0. The number of hydrogen-bond donors (Lipinski definition) is 4. The number of benzene rings is 2. The molecule has 0 unspecified atom stereocenters. The fraction of sp³-hybridized carbons (Fsp3) is 0.190.